The quantitative estimate of drug-likeness (QED) is 0.420. The molecule has 0 aliphatic carbocycles. The van der Waals surface area contributed by atoms with Crippen LogP contribution < -0.4 is 10.1 Å². The number of nitrogens with one attached hydrogen (secondary N) is 1. The van der Waals surface area contributed by atoms with Gasteiger partial charge < -0.3 is 19.0 Å². The number of fused-ring (bicyclic) bond motifs is 1. The predicted molar refractivity (Wildman–Crippen MR) is 119 cm³/mol. The molecule has 0 amide bonds. The van der Waals surface area contributed by atoms with Gasteiger partial charge in [0.2, 0.25) is 0 Å². The maximum atomic E-state index is 13.3. The van der Waals surface area contributed by atoms with Gasteiger partial charge in [-0.1, -0.05) is 0 Å². The average molecular weight is 413 g/mol. The molecule has 0 aliphatic heterocycles. The van der Waals surface area contributed by atoms with E-state index in [1.54, 1.807) is 25.4 Å². The Hall–Kier alpha value is -4.13. The van der Waals surface area contributed by atoms with Crippen molar-refractivity contribution < 1.29 is 9.13 Å². The van der Waals surface area contributed by atoms with Gasteiger partial charge in [-0.2, -0.15) is 0 Å². The minimum atomic E-state index is -0.266. The van der Waals surface area contributed by atoms with Crippen LogP contribution in [0.5, 0.6) is 5.75 Å². The van der Waals surface area contributed by atoms with Crippen molar-refractivity contribution in [3.05, 3.63) is 91.0 Å². The van der Waals surface area contributed by atoms with Crippen LogP contribution in [-0.4, -0.2) is 26.0 Å². The van der Waals surface area contributed by atoms with Gasteiger partial charge >= 0.3 is 0 Å². The molecule has 0 fully saturated rings. The molecule has 0 saturated carbocycles. The summed E-state index contributed by atoms with van der Waals surface area (Å²) in [6, 6.07) is 16.2. The Morgan fingerprint density at radius 2 is 1.87 bits per heavy atom. The minimum absolute atomic E-state index is 0.266. The predicted octanol–water partition coefficient (Wildman–Crippen LogP) is 5.39. The van der Waals surface area contributed by atoms with E-state index >= 15 is 0 Å². The molecule has 5 aromatic rings. The summed E-state index contributed by atoms with van der Waals surface area (Å²) in [7, 11) is 1.65. The smallest absolute Gasteiger partial charge is 0.161 e. The number of rotatable bonds is 5. The molecular weight excluding hydrogens is 393 g/mol. The van der Waals surface area contributed by atoms with Gasteiger partial charge in [0.25, 0.3) is 0 Å². The molecule has 3 aromatic heterocycles. The molecule has 0 atom stereocenters. The highest BCUT2D eigenvalue weighted by Gasteiger charge is 2.12. The first kappa shape index (κ1) is 18.9. The molecule has 0 saturated heterocycles. The number of nitrogens with zero attached hydrogens (tertiary/aromatic N) is 4. The van der Waals surface area contributed by atoms with E-state index in [-0.39, 0.29) is 5.82 Å². The maximum absolute atomic E-state index is 13.3. The lowest BCUT2D eigenvalue weighted by Gasteiger charge is -2.14. The molecule has 0 radical (unpaired) electrons. The van der Waals surface area contributed by atoms with Crippen molar-refractivity contribution in [2.45, 2.75) is 6.92 Å². The van der Waals surface area contributed by atoms with E-state index in [0.717, 1.165) is 45.5 Å². The molecule has 154 valence electrons. The van der Waals surface area contributed by atoms with Gasteiger partial charge in [-0.05, 0) is 55.5 Å². The van der Waals surface area contributed by atoms with Gasteiger partial charge in [-0.15, -0.1) is 0 Å². The second kappa shape index (κ2) is 7.60. The zero-order valence-electron chi connectivity index (χ0n) is 17.1. The number of hydrogen-bond donors (Lipinski definition) is 1. The number of halogens is 1. The van der Waals surface area contributed by atoms with Gasteiger partial charge in [0.05, 0.1) is 24.2 Å². The summed E-state index contributed by atoms with van der Waals surface area (Å²) in [6.07, 6.45) is 7.53. The summed E-state index contributed by atoms with van der Waals surface area (Å²) in [5.74, 6) is 1.35. The number of aryl methyl sites for hydroxylation is 1. The van der Waals surface area contributed by atoms with E-state index in [0.29, 0.717) is 0 Å². The molecule has 6 nitrogen and oxygen atoms in total. The fourth-order valence-electron chi connectivity index (χ4n) is 3.61. The number of anilines is 2. The third-order valence-corrected chi connectivity index (χ3v) is 5.17. The topological polar surface area (TPSA) is 56.4 Å². The number of ether oxygens (including phenoxy) is 1. The number of aromatic nitrogens is 4. The van der Waals surface area contributed by atoms with E-state index in [9.17, 15) is 4.39 Å². The fraction of sp³-hybridized carbons (Fsp3) is 0.0833. The summed E-state index contributed by atoms with van der Waals surface area (Å²) in [4.78, 5) is 9.04. The van der Waals surface area contributed by atoms with Crippen molar-refractivity contribution in [2.24, 2.45) is 0 Å². The van der Waals surface area contributed by atoms with Crippen molar-refractivity contribution >= 4 is 17.0 Å². The molecule has 31 heavy (non-hydrogen) atoms. The molecule has 5 rings (SSSR count). The summed E-state index contributed by atoms with van der Waals surface area (Å²) < 4.78 is 22.8. The second-order valence-electron chi connectivity index (χ2n) is 7.14. The third kappa shape index (κ3) is 3.50. The molecule has 3 heterocycles. The molecule has 0 aliphatic rings. The van der Waals surface area contributed by atoms with E-state index < -0.39 is 0 Å². The van der Waals surface area contributed by atoms with Gasteiger partial charge in [-0.25, -0.2) is 14.4 Å². The number of imidazole rings is 2. The average Bonchev–Trinajstić information content (AvgIpc) is 3.41. The van der Waals surface area contributed by atoms with Gasteiger partial charge in [0.1, 0.15) is 17.4 Å². The SMILES string of the molecule is COc1cc(Nc2cccn3cc(-c4ccc(F)cc4)nc23)ccc1-n1ccnc1C. The molecule has 7 heteroatoms. The van der Waals surface area contributed by atoms with E-state index in [1.807, 2.05) is 64.8 Å². The van der Waals surface area contributed by atoms with Crippen LogP contribution in [-0.2, 0) is 0 Å². The Morgan fingerprint density at radius 3 is 2.61 bits per heavy atom. The van der Waals surface area contributed by atoms with Crippen LogP contribution in [0.4, 0.5) is 15.8 Å². The van der Waals surface area contributed by atoms with Crippen molar-refractivity contribution in [3.63, 3.8) is 0 Å². The third-order valence-electron chi connectivity index (χ3n) is 5.17. The number of pyridine rings is 1. The van der Waals surface area contributed by atoms with E-state index in [1.165, 1.54) is 12.1 Å². The van der Waals surface area contributed by atoms with Crippen LogP contribution in [0.2, 0.25) is 0 Å². The van der Waals surface area contributed by atoms with Crippen molar-refractivity contribution in [1.82, 2.24) is 18.9 Å². The van der Waals surface area contributed by atoms with Crippen LogP contribution in [0.25, 0.3) is 22.6 Å². The number of hydrogen-bond acceptors (Lipinski definition) is 4. The Kier molecular flexibility index (Phi) is 4.63. The van der Waals surface area contributed by atoms with Gasteiger partial charge in [0.15, 0.2) is 5.65 Å². The summed E-state index contributed by atoms with van der Waals surface area (Å²) in [5.41, 5.74) is 5.05. The Labute approximate surface area is 178 Å². The normalized spacial score (nSPS) is 11.1. The lowest BCUT2D eigenvalue weighted by molar-refractivity contribution is 0.413. The molecule has 1 N–H and O–H groups in total. The standard InChI is InChI=1S/C24H20FN5O/c1-16-26-11-13-30(16)22-10-9-19(14-23(22)31-2)27-20-4-3-12-29-15-21(28-24(20)29)17-5-7-18(25)8-6-17/h3-15,27H,1-2H3. The molecule has 2 aromatic carbocycles. The van der Waals surface area contributed by atoms with E-state index in [2.05, 4.69) is 10.3 Å². The lowest BCUT2D eigenvalue weighted by Crippen LogP contribution is -2.01. The van der Waals surface area contributed by atoms with Crippen molar-refractivity contribution in [2.75, 3.05) is 12.4 Å². The van der Waals surface area contributed by atoms with Crippen molar-refractivity contribution in [3.8, 4) is 22.7 Å². The summed E-state index contributed by atoms with van der Waals surface area (Å²) in [6.45, 7) is 1.95. The Morgan fingerprint density at radius 1 is 1.03 bits per heavy atom. The molecule has 0 unspecified atom stereocenters. The highest BCUT2D eigenvalue weighted by molar-refractivity contribution is 5.77. The highest BCUT2D eigenvalue weighted by Crippen LogP contribution is 2.31. The zero-order valence-corrected chi connectivity index (χ0v) is 17.1. The first-order chi connectivity index (χ1) is 15.1. The largest absolute Gasteiger partial charge is 0.494 e. The Bertz CT molecular complexity index is 1370. The first-order valence-corrected chi connectivity index (χ1v) is 9.81. The summed E-state index contributed by atoms with van der Waals surface area (Å²) >= 11 is 0. The maximum Gasteiger partial charge on any atom is 0.161 e. The monoisotopic (exact) mass is 413 g/mol. The first-order valence-electron chi connectivity index (χ1n) is 9.81. The van der Waals surface area contributed by atoms with Crippen LogP contribution in [0.15, 0.2) is 79.4 Å². The molecular formula is C24H20FN5O. The molecule has 0 spiro atoms. The molecule has 0 bridgehead atoms. The number of methoxy groups -OCH3 is 1. The van der Waals surface area contributed by atoms with Crippen LogP contribution >= 0.6 is 0 Å². The van der Waals surface area contributed by atoms with Gasteiger partial charge in [-0.3, -0.25) is 0 Å². The second-order valence-corrected chi connectivity index (χ2v) is 7.14. The lowest BCUT2D eigenvalue weighted by atomic mass is 10.2. The van der Waals surface area contributed by atoms with E-state index in [4.69, 9.17) is 9.72 Å². The van der Waals surface area contributed by atoms with Gasteiger partial charge in [0, 0.05) is 42.1 Å². The van der Waals surface area contributed by atoms with Crippen LogP contribution in [0.3, 0.4) is 0 Å². The summed E-state index contributed by atoms with van der Waals surface area (Å²) in [5, 5.41) is 3.43. The van der Waals surface area contributed by atoms with Crippen LogP contribution in [0.1, 0.15) is 5.82 Å². The van der Waals surface area contributed by atoms with Crippen molar-refractivity contribution in [1.29, 1.82) is 0 Å². The highest BCUT2D eigenvalue weighted by atomic mass is 19.1. The minimum Gasteiger partial charge on any atom is -0.494 e. The van der Waals surface area contributed by atoms with Crippen LogP contribution in [0, 0.1) is 12.7 Å². The zero-order chi connectivity index (χ0) is 21.4. The number of benzene rings is 2. The fourth-order valence-corrected chi connectivity index (χ4v) is 3.61. The Balaban J connectivity index is 1.50.